The molecule has 1 saturated heterocycles. The van der Waals surface area contributed by atoms with Crippen LogP contribution < -0.4 is 5.32 Å². The quantitative estimate of drug-likeness (QED) is 0.794. The van der Waals surface area contributed by atoms with E-state index in [1.807, 2.05) is 18.8 Å². The Morgan fingerprint density at radius 1 is 1.25 bits per heavy atom. The standard InChI is InChI=1S/C16H24N2OS/c1-17-14-15-12(9-11-20-15)8-10-18(16(14)19)13-6-4-2-3-5-7-13/h2-3,9,11-15,17H,4-8,10H2,1H3. The van der Waals surface area contributed by atoms with Gasteiger partial charge in [0.1, 0.15) is 0 Å². The van der Waals surface area contributed by atoms with Gasteiger partial charge in [-0.15, -0.1) is 11.8 Å². The second-order valence-electron chi connectivity index (χ2n) is 5.96. The first kappa shape index (κ1) is 14.2. The number of fused-ring (bicyclic) bond motifs is 1. The smallest absolute Gasteiger partial charge is 0.241 e. The molecule has 2 heterocycles. The Morgan fingerprint density at radius 2 is 2.00 bits per heavy atom. The van der Waals surface area contributed by atoms with Crippen molar-refractivity contribution >= 4 is 17.7 Å². The number of thioether (sulfide) groups is 1. The van der Waals surface area contributed by atoms with Gasteiger partial charge in [-0.1, -0.05) is 18.2 Å². The van der Waals surface area contributed by atoms with E-state index in [1.165, 1.54) is 0 Å². The van der Waals surface area contributed by atoms with Gasteiger partial charge in [-0.25, -0.2) is 0 Å². The predicted molar refractivity (Wildman–Crippen MR) is 84.6 cm³/mol. The van der Waals surface area contributed by atoms with Crippen molar-refractivity contribution in [3.63, 3.8) is 0 Å². The van der Waals surface area contributed by atoms with Crippen LogP contribution in [0.5, 0.6) is 0 Å². The molecule has 1 amide bonds. The number of nitrogens with one attached hydrogen (secondary N) is 1. The fourth-order valence-electron chi connectivity index (χ4n) is 3.67. The lowest BCUT2D eigenvalue weighted by atomic mass is 9.98. The van der Waals surface area contributed by atoms with Gasteiger partial charge in [-0.2, -0.15) is 0 Å². The number of hydrogen-bond donors (Lipinski definition) is 1. The van der Waals surface area contributed by atoms with Crippen LogP contribution in [0.25, 0.3) is 0 Å². The van der Waals surface area contributed by atoms with Gasteiger partial charge in [-0.05, 0) is 50.5 Å². The number of hydrogen-bond acceptors (Lipinski definition) is 3. The van der Waals surface area contributed by atoms with Crippen molar-refractivity contribution in [2.75, 3.05) is 13.6 Å². The molecule has 0 radical (unpaired) electrons. The lowest BCUT2D eigenvalue weighted by Crippen LogP contribution is -2.52. The van der Waals surface area contributed by atoms with Gasteiger partial charge in [-0.3, -0.25) is 4.79 Å². The molecule has 1 N–H and O–H groups in total. The molecular formula is C16H24N2OS. The van der Waals surface area contributed by atoms with E-state index in [4.69, 9.17) is 0 Å². The van der Waals surface area contributed by atoms with Crippen LogP contribution in [0.4, 0.5) is 0 Å². The Balaban J connectivity index is 1.77. The van der Waals surface area contributed by atoms with E-state index in [1.54, 1.807) is 0 Å². The molecule has 0 aromatic heterocycles. The van der Waals surface area contributed by atoms with Gasteiger partial charge in [0.05, 0.1) is 6.04 Å². The summed E-state index contributed by atoms with van der Waals surface area (Å²) in [6, 6.07) is 0.403. The molecule has 1 aliphatic carbocycles. The Hall–Kier alpha value is -0.740. The molecular weight excluding hydrogens is 268 g/mol. The van der Waals surface area contributed by atoms with Crippen LogP contribution in [-0.2, 0) is 4.79 Å². The van der Waals surface area contributed by atoms with Gasteiger partial charge in [0.15, 0.2) is 0 Å². The van der Waals surface area contributed by atoms with Gasteiger partial charge >= 0.3 is 0 Å². The van der Waals surface area contributed by atoms with Crippen molar-refractivity contribution in [1.29, 1.82) is 0 Å². The number of rotatable bonds is 2. The first-order valence-corrected chi connectivity index (χ1v) is 8.70. The summed E-state index contributed by atoms with van der Waals surface area (Å²) >= 11 is 1.83. The zero-order valence-electron chi connectivity index (χ0n) is 12.1. The molecule has 0 aromatic rings. The fourth-order valence-corrected chi connectivity index (χ4v) is 4.98. The second kappa shape index (κ2) is 6.35. The number of allylic oxidation sites excluding steroid dienone is 3. The van der Waals surface area contributed by atoms with Crippen LogP contribution in [0.1, 0.15) is 32.1 Å². The summed E-state index contributed by atoms with van der Waals surface area (Å²) in [6.45, 7) is 0.924. The summed E-state index contributed by atoms with van der Waals surface area (Å²) in [5.41, 5.74) is 0. The highest BCUT2D eigenvalue weighted by Crippen LogP contribution is 2.37. The highest BCUT2D eigenvalue weighted by atomic mass is 32.2. The summed E-state index contributed by atoms with van der Waals surface area (Å²) < 4.78 is 0. The Kier molecular flexibility index (Phi) is 4.51. The maximum Gasteiger partial charge on any atom is 0.241 e. The molecule has 0 spiro atoms. The SMILES string of the molecule is CNC1C(=O)N(C2CCC=CCC2)CCC2C=CSC21. The topological polar surface area (TPSA) is 32.3 Å². The minimum Gasteiger partial charge on any atom is -0.338 e. The number of nitrogens with zero attached hydrogens (tertiary/aromatic N) is 1. The molecule has 1 fully saturated rings. The number of carbonyl (C=O) groups is 1. The Labute approximate surface area is 125 Å². The summed E-state index contributed by atoms with van der Waals surface area (Å²) in [7, 11) is 1.93. The van der Waals surface area contributed by atoms with Crippen LogP contribution in [0.3, 0.4) is 0 Å². The summed E-state index contributed by atoms with van der Waals surface area (Å²) in [5.74, 6) is 0.874. The minimum atomic E-state index is -0.0290. The first-order chi connectivity index (χ1) is 9.81. The number of carbonyl (C=O) groups excluding carboxylic acids is 1. The monoisotopic (exact) mass is 292 g/mol. The van der Waals surface area contributed by atoms with E-state index >= 15 is 0 Å². The largest absolute Gasteiger partial charge is 0.338 e. The highest BCUT2D eigenvalue weighted by molar-refractivity contribution is 8.03. The van der Waals surface area contributed by atoms with Crippen LogP contribution in [0.15, 0.2) is 23.6 Å². The van der Waals surface area contributed by atoms with Crippen molar-refractivity contribution in [3.8, 4) is 0 Å². The van der Waals surface area contributed by atoms with E-state index in [9.17, 15) is 4.79 Å². The predicted octanol–water partition coefficient (Wildman–Crippen LogP) is 2.55. The van der Waals surface area contributed by atoms with Crippen LogP contribution in [0.2, 0.25) is 0 Å². The fraction of sp³-hybridized carbons (Fsp3) is 0.688. The van der Waals surface area contributed by atoms with Crippen molar-refractivity contribution in [1.82, 2.24) is 10.2 Å². The van der Waals surface area contributed by atoms with Gasteiger partial charge in [0.2, 0.25) is 5.91 Å². The van der Waals surface area contributed by atoms with E-state index in [2.05, 4.69) is 33.9 Å². The van der Waals surface area contributed by atoms with Gasteiger partial charge < -0.3 is 10.2 Å². The maximum absolute atomic E-state index is 12.9. The zero-order chi connectivity index (χ0) is 13.9. The minimum absolute atomic E-state index is 0.0290. The van der Waals surface area contributed by atoms with Crippen LogP contribution in [0, 0.1) is 5.92 Å². The molecule has 20 heavy (non-hydrogen) atoms. The molecule has 0 saturated carbocycles. The van der Waals surface area contributed by atoms with Gasteiger partial charge in [0.25, 0.3) is 0 Å². The van der Waals surface area contributed by atoms with E-state index < -0.39 is 0 Å². The van der Waals surface area contributed by atoms with Crippen LogP contribution >= 0.6 is 11.8 Å². The average molecular weight is 292 g/mol. The average Bonchev–Trinajstić information content (AvgIpc) is 2.69. The molecule has 3 aliphatic rings. The maximum atomic E-state index is 12.9. The molecule has 0 bridgehead atoms. The summed E-state index contributed by atoms with van der Waals surface area (Å²) in [5, 5.41) is 5.85. The summed E-state index contributed by atoms with van der Waals surface area (Å²) in [6.07, 6.45) is 12.4. The van der Waals surface area contributed by atoms with Crippen molar-refractivity contribution in [2.45, 2.75) is 49.4 Å². The third-order valence-corrected chi connectivity index (χ3v) is 6.07. The molecule has 3 unspecified atom stereocenters. The van der Waals surface area contributed by atoms with Crippen LogP contribution in [-0.4, -0.2) is 41.7 Å². The normalized spacial score (nSPS) is 35.0. The summed E-state index contributed by atoms with van der Waals surface area (Å²) in [4.78, 5) is 15.1. The van der Waals surface area contributed by atoms with Crippen molar-refractivity contribution in [3.05, 3.63) is 23.6 Å². The van der Waals surface area contributed by atoms with E-state index in [0.717, 1.165) is 38.6 Å². The molecule has 3 nitrogen and oxygen atoms in total. The number of likely N-dealkylation sites (tertiary alicyclic amines) is 1. The Bertz CT molecular complexity index is 411. The molecule has 3 rings (SSSR count). The molecule has 3 atom stereocenters. The highest BCUT2D eigenvalue weighted by Gasteiger charge is 2.41. The van der Waals surface area contributed by atoms with Gasteiger partial charge in [0, 0.05) is 17.8 Å². The zero-order valence-corrected chi connectivity index (χ0v) is 12.9. The Morgan fingerprint density at radius 3 is 2.70 bits per heavy atom. The third kappa shape index (κ3) is 2.68. The lowest BCUT2D eigenvalue weighted by molar-refractivity contribution is -0.135. The van der Waals surface area contributed by atoms with E-state index in [0.29, 0.717) is 23.1 Å². The van der Waals surface area contributed by atoms with Crippen molar-refractivity contribution < 1.29 is 4.79 Å². The third-order valence-electron chi connectivity index (χ3n) is 4.82. The second-order valence-corrected chi connectivity index (χ2v) is 7.05. The van der Waals surface area contributed by atoms with E-state index in [-0.39, 0.29) is 6.04 Å². The van der Waals surface area contributed by atoms with Crippen molar-refractivity contribution in [2.24, 2.45) is 5.92 Å². The lowest BCUT2D eigenvalue weighted by Gasteiger charge is -2.33. The number of amides is 1. The molecule has 2 aliphatic heterocycles. The first-order valence-electron chi connectivity index (χ1n) is 7.76. The molecule has 0 aromatic carbocycles. The number of likely N-dealkylation sites (N-methyl/N-ethyl adjacent to an activating group) is 1. The molecule has 4 heteroatoms. The molecule has 110 valence electrons.